The number of aryl methyl sites for hydroxylation is 1. The van der Waals surface area contributed by atoms with Crippen LogP contribution in [0.3, 0.4) is 0 Å². The maximum absolute atomic E-state index is 12.3. The summed E-state index contributed by atoms with van der Waals surface area (Å²) < 4.78 is 5.59. The maximum Gasteiger partial charge on any atom is 0.270 e. The van der Waals surface area contributed by atoms with Crippen molar-refractivity contribution < 1.29 is 9.53 Å². The molecule has 1 aliphatic carbocycles. The molecule has 1 saturated heterocycles. The van der Waals surface area contributed by atoms with Gasteiger partial charge in [0.05, 0.1) is 6.10 Å². The van der Waals surface area contributed by atoms with E-state index < -0.39 is 0 Å². The van der Waals surface area contributed by atoms with Crippen LogP contribution >= 0.6 is 0 Å². The standard InChI is InChI=1S/C16H24N4O2/c1-11-18-14(16(21)20-12-5-2-3-6-12)9-15(19-11)17-10-13-7-4-8-22-13/h9,12-13H,2-8,10H2,1H3,(H,20,21)(H,17,18,19). The lowest BCUT2D eigenvalue weighted by atomic mass is 10.2. The molecule has 120 valence electrons. The van der Waals surface area contributed by atoms with Gasteiger partial charge in [0, 0.05) is 25.3 Å². The molecule has 0 radical (unpaired) electrons. The molecular weight excluding hydrogens is 280 g/mol. The third-order valence-electron chi connectivity index (χ3n) is 4.30. The first-order valence-electron chi connectivity index (χ1n) is 8.23. The molecule has 2 heterocycles. The van der Waals surface area contributed by atoms with E-state index in [1.165, 1.54) is 12.8 Å². The number of ether oxygens (including phenoxy) is 1. The number of hydrogen-bond acceptors (Lipinski definition) is 5. The second kappa shape index (κ2) is 7.05. The van der Waals surface area contributed by atoms with Gasteiger partial charge >= 0.3 is 0 Å². The van der Waals surface area contributed by atoms with Gasteiger partial charge in [-0.05, 0) is 32.6 Å². The number of hydrogen-bond donors (Lipinski definition) is 2. The molecule has 0 aromatic carbocycles. The van der Waals surface area contributed by atoms with Gasteiger partial charge in [-0.15, -0.1) is 0 Å². The fraction of sp³-hybridized carbons (Fsp3) is 0.688. The molecule has 1 amide bonds. The Kier molecular flexibility index (Phi) is 4.87. The van der Waals surface area contributed by atoms with Gasteiger partial charge in [-0.3, -0.25) is 4.79 Å². The molecule has 0 spiro atoms. The Balaban J connectivity index is 1.61. The number of aromatic nitrogens is 2. The summed E-state index contributed by atoms with van der Waals surface area (Å²) in [7, 11) is 0. The molecule has 0 bridgehead atoms. The number of anilines is 1. The SMILES string of the molecule is Cc1nc(NCC2CCCO2)cc(C(=O)NC2CCCC2)n1. The number of carbonyl (C=O) groups is 1. The van der Waals surface area contributed by atoms with Crippen LogP contribution in [0.25, 0.3) is 0 Å². The van der Waals surface area contributed by atoms with Gasteiger partial charge in [-0.1, -0.05) is 12.8 Å². The highest BCUT2D eigenvalue weighted by Gasteiger charge is 2.20. The smallest absolute Gasteiger partial charge is 0.270 e. The first-order valence-corrected chi connectivity index (χ1v) is 8.23. The topological polar surface area (TPSA) is 76.1 Å². The Labute approximate surface area is 131 Å². The fourth-order valence-electron chi connectivity index (χ4n) is 3.13. The average Bonchev–Trinajstić information content (AvgIpc) is 3.18. The third-order valence-corrected chi connectivity index (χ3v) is 4.30. The van der Waals surface area contributed by atoms with Crippen LogP contribution in [0.2, 0.25) is 0 Å². The minimum absolute atomic E-state index is 0.0995. The van der Waals surface area contributed by atoms with E-state index in [0.717, 1.165) is 38.8 Å². The lowest BCUT2D eigenvalue weighted by molar-refractivity contribution is 0.0932. The summed E-state index contributed by atoms with van der Waals surface area (Å²) in [6, 6.07) is 2.03. The normalized spacial score (nSPS) is 22.0. The molecule has 3 rings (SSSR count). The van der Waals surface area contributed by atoms with Crippen molar-refractivity contribution in [1.82, 2.24) is 15.3 Å². The molecule has 2 fully saturated rings. The van der Waals surface area contributed by atoms with E-state index >= 15 is 0 Å². The van der Waals surface area contributed by atoms with Gasteiger partial charge in [-0.2, -0.15) is 0 Å². The first-order chi connectivity index (χ1) is 10.7. The zero-order chi connectivity index (χ0) is 15.4. The lowest BCUT2D eigenvalue weighted by Gasteiger charge is -2.14. The third kappa shape index (κ3) is 3.94. The molecule has 6 heteroatoms. The zero-order valence-corrected chi connectivity index (χ0v) is 13.1. The summed E-state index contributed by atoms with van der Waals surface area (Å²) in [4.78, 5) is 20.9. The molecule has 2 aliphatic rings. The van der Waals surface area contributed by atoms with Crippen LogP contribution in [0, 0.1) is 6.92 Å². The van der Waals surface area contributed by atoms with Crippen LogP contribution in [-0.4, -0.2) is 41.2 Å². The molecule has 2 N–H and O–H groups in total. The Bertz CT molecular complexity index is 523. The van der Waals surface area contributed by atoms with Crippen molar-refractivity contribution >= 4 is 11.7 Å². The number of rotatable bonds is 5. The summed E-state index contributed by atoms with van der Waals surface area (Å²) in [5, 5.41) is 6.33. The Morgan fingerprint density at radius 2 is 2.09 bits per heavy atom. The van der Waals surface area contributed by atoms with Gasteiger partial charge < -0.3 is 15.4 Å². The van der Waals surface area contributed by atoms with Crippen molar-refractivity contribution in [3.63, 3.8) is 0 Å². The average molecular weight is 304 g/mol. The summed E-state index contributed by atoms with van der Waals surface area (Å²) in [6.45, 7) is 3.37. The van der Waals surface area contributed by atoms with Crippen LogP contribution in [0.4, 0.5) is 5.82 Å². The molecule has 1 aromatic rings. The van der Waals surface area contributed by atoms with Gasteiger partial charge in [0.25, 0.3) is 5.91 Å². The van der Waals surface area contributed by atoms with Crippen molar-refractivity contribution in [2.75, 3.05) is 18.5 Å². The van der Waals surface area contributed by atoms with E-state index in [1.807, 2.05) is 6.92 Å². The second-order valence-corrected chi connectivity index (χ2v) is 6.16. The number of nitrogens with one attached hydrogen (secondary N) is 2. The molecule has 1 atom stereocenters. The van der Waals surface area contributed by atoms with E-state index in [0.29, 0.717) is 23.4 Å². The van der Waals surface area contributed by atoms with Gasteiger partial charge in [0.1, 0.15) is 17.3 Å². The second-order valence-electron chi connectivity index (χ2n) is 6.16. The highest BCUT2D eigenvalue weighted by molar-refractivity contribution is 5.93. The van der Waals surface area contributed by atoms with Crippen molar-refractivity contribution in [3.8, 4) is 0 Å². The molecular formula is C16H24N4O2. The molecule has 1 saturated carbocycles. The first kappa shape index (κ1) is 15.2. The number of amides is 1. The van der Waals surface area contributed by atoms with E-state index in [2.05, 4.69) is 20.6 Å². The van der Waals surface area contributed by atoms with Crippen molar-refractivity contribution in [2.24, 2.45) is 0 Å². The monoisotopic (exact) mass is 304 g/mol. The quantitative estimate of drug-likeness (QED) is 0.870. The van der Waals surface area contributed by atoms with E-state index in [-0.39, 0.29) is 12.0 Å². The van der Waals surface area contributed by atoms with E-state index in [9.17, 15) is 4.79 Å². The summed E-state index contributed by atoms with van der Waals surface area (Å²) in [6.07, 6.45) is 6.96. The molecule has 1 aromatic heterocycles. The number of nitrogens with zero attached hydrogens (tertiary/aromatic N) is 2. The molecule has 1 aliphatic heterocycles. The van der Waals surface area contributed by atoms with Crippen molar-refractivity contribution in [1.29, 1.82) is 0 Å². The van der Waals surface area contributed by atoms with Crippen LogP contribution in [0.15, 0.2) is 6.07 Å². The van der Waals surface area contributed by atoms with Crippen molar-refractivity contribution in [3.05, 3.63) is 17.6 Å². The summed E-state index contributed by atoms with van der Waals surface area (Å²) >= 11 is 0. The Morgan fingerprint density at radius 3 is 2.82 bits per heavy atom. The van der Waals surface area contributed by atoms with E-state index in [1.54, 1.807) is 6.07 Å². The van der Waals surface area contributed by atoms with Gasteiger partial charge in [0.15, 0.2) is 0 Å². The van der Waals surface area contributed by atoms with Crippen LogP contribution in [0.5, 0.6) is 0 Å². The predicted octanol–water partition coefficient (Wildman–Crippen LogP) is 2.05. The summed E-state index contributed by atoms with van der Waals surface area (Å²) in [5.74, 6) is 1.20. The minimum Gasteiger partial charge on any atom is -0.376 e. The zero-order valence-electron chi connectivity index (χ0n) is 13.1. The number of carbonyl (C=O) groups excluding carboxylic acids is 1. The summed E-state index contributed by atoms with van der Waals surface area (Å²) in [5.41, 5.74) is 0.439. The molecule has 6 nitrogen and oxygen atoms in total. The fourth-order valence-corrected chi connectivity index (χ4v) is 3.13. The van der Waals surface area contributed by atoms with Crippen LogP contribution < -0.4 is 10.6 Å². The van der Waals surface area contributed by atoms with Crippen LogP contribution in [-0.2, 0) is 4.74 Å². The Morgan fingerprint density at radius 1 is 1.27 bits per heavy atom. The predicted molar refractivity (Wildman–Crippen MR) is 84.0 cm³/mol. The van der Waals surface area contributed by atoms with E-state index in [4.69, 9.17) is 4.74 Å². The molecule has 22 heavy (non-hydrogen) atoms. The lowest BCUT2D eigenvalue weighted by Crippen LogP contribution is -2.33. The minimum atomic E-state index is -0.0995. The highest BCUT2D eigenvalue weighted by Crippen LogP contribution is 2.18. The van der Waals surface area contributed by atoms with Crippen molar-refractivity contribution in [2.45, 2.75) is 57.6 Å². The molecule has 1 unspecified atom stereocenters. The Hall–Kier alpha value is -1.69. The van der Waals surface area contributed by atoms with Gasteiger partial charge in [-0.25, -0.2) is 9.97 Å². The van der Waals surface area contributed by atoms with Crippen LogP contribution in [0.1, 0.15) is 54.8 Å². The van der Waals surface area contributed by atoms with Gasteiger partial charge in [0.2, 0.25) is 0 Å². The largest absolute Gasteiger partial charge is 0.376 e. The highest BCUT2D eigenvalue weighted by atomic mass is 16.5. The maximum atomic E-state index is 12.3.